The van der Waals surface area contributed by atoms with E-state index in [2.05, 4.69) is 0 Å². The molecule has 1 nitrogen and oxygen atoms in total. The first-order valence-electron chi connectivity index (χ1n) is 5.24. The minimum Gasteiger partial charge on any atom is -0.496 e. The van der Waals surface area contributed by atoms with Crippen LogP contribution in [0, 0.1) is 5.82 Å². The molecule has 0 saturated carbocycles. The first-order chi connectivity index (χ1) is 8.26. The number of para-hydroxylation sites is 1. The van der Waals surface area contributed by atoms with Gasteiger partial charge in [-0.05, 0) is 23.8 Å². The molecule has 0 radical (unpaired) electrons. The molecule has 2 rings (SSSR count). The molecule has 0 amide bonds. The van der Waals surface area contributed by atoms with Crippen LogP contribution in [0.4, 0.5) is 4.39 Å². The van der Waals surface area contributed by atoms with Gasteiger partial charge in [0.2, 0.25) is 0 Å². The molecule has 3 heteroatoms. The van der Waals surface area contributed by atoms with E-state index in [1.165, 1.54) is 6.07 Å². The smallest absolute Gasteiger partial charge is 0.131 e. The predicted octanol–water partition coefficient (Wildman–Crippen LogP) is 4.24. The molecule has 0 fully saturated rings. The van der Waals surface area contributed by atoms with E-state index < -0.39 is 0 Å². The highest BCUT2D eigenvalue weighted by atomic mass is 35.5. The lowest BCUT2D eigenvalue weighted by molar-refractivity contribution is 0.416. The molecule has 0 aliphatic carbocycles. The van der Waals surface area contributed by atoms with Gasteiger partial charge in [-0.15, -0.1) is 11.6 Å². The van der Waals surface area contributed by atoms with Crippen molar-refractivity contribution in [2.45, 2.75) is 5.88 Å². The van der Waals surface area contributed by atoms with E-state index in [1.54, 1.807) is 19.2 Å². The van der Waals surface area contributed by atoms with Gasteiger partial charge in [0, 0.05) is 17.0 Å². The Morgan fingerprint density at radius 1 is 1.12 bits per heavy atom. The third-order valence-corrected chi connectivity index (χ3v) is 2.89. The topological polar surface area (TPSA) is 9.23 Å². The van der Waals surface area contributed by atoms with Crippen molar-refractivity contribution < 1.29 is 9.13 Å². The fourth-order valence-electron chi connectivity index (χ4n) is 1.73. The molecule has 0 heterocycles. The van der Waals surface area contributed by atoms with Gasteiger partial charge < -0.3 is 4.74 Å². The van der Waals surface area contributed by atoms with Crippen LogP contribution < -0.4 is 4.74 Å². The van der Waals surface area contributed by atoms with E-state index in [-0.39, 0.29) is 5.82 Å². The predicted molar refractivity (Wildman–Crippen MR) is 67.9 cm³/mol. The molecular weight excluding hydrogens is 239 g/mol. The van der Waals surface area contributed by atoms with Crippen LogP contribution >= 0.6 is 11.6 Å². The molecule has 0 N–H and O–H groups in total. The van der Waals surface area contributed by atoms with Crippen molar-refractivity contribution in [1.29, 1.82) is 0 Å². The highest BCUT2D eigenvalue weighted by molar-refractivity contribution is 6.17. The van der Waals surface area contributed by atoms with Crippen molar-refractivity contribution in [3.8, 4) is 16.9 Å². The average molecular weight is 251 g/mol. The number of ether oxygens (including phenoxy) is 1. The van der Waals surface area contributed by atoms with Crippen LogP contribution in [-0.2, 0) is 5.88 Å². The molecule has 17 heavy (non-hydrogen) atoms. The summed E-state index contributed by atoms with van der Waals surface area (Å²) in [5.74, 6) is 0.740. The van der Waals surface area contributed by atoms with Crippen molar-refractivity contribution in [1.82, 2.24) is 0 Å². The molecule has 0 saturated heterocycles. The summed E-state index contributed by atoms with van der Waals surface area (Å²) in [5, 5.41) is 0. The van der Waals surface area contributed by atoms with Crippen molar-refractivity contribution in [3.63, 3.8) is 0 Å². The summed E-state index contributed by atoms with van der Waals surface area (Å²) in [6, 6.07) is 12.2. The molecular formula is C14H12ClFO. The fourth-order valence-corrected chi connectivity index (χ4v) is 1.90. The summed E-state index contributed by atoms with van der Waals surface area (Å²) < 4.78 is 19.0. The quantitative estimate of drug-likeness (QED) is 0.741. The van der Waals surface area contributed by atoms with Crippen molar-refractivity contribution in [3.05, 3.63) is 53.8 Å². The second-order valence-corrected chi connectivity index (χ2v) is 3.92. The number of hydrogen-bond donors (Lipinski definition) is 0. The van der Waals surface area contributed by atoms with E-state index in [0.717, 1.165) is 11.1 Å². The zero-order valence-corrected chi connectivity index (χ0v) is 10.2. The number of alkyl halides is 1. The molecule has 0 aromatic heterocycles. The maximum absolute atomic E-state index is 13.8. The molecule has 0 spiro atoms. The van der Waals surface area contributed by atoms with Gasteiger partial charge in [-0.3, -0.25) is 0 Å². The summed E-state index contributed by atoms with van der Waals surface area (Å²) in [4.78, 5) is 0. The summed E-state index contributed by atoms with van der Waals surface area (Å²) in [7, 11) is 1.57. The van der Waals surface area contributed by atoms with Gasteiger partial charge >= 0.3 is 0 Å². The number of halogens is 2. The minimum atomic E-state index is -0.275. The second kappa shape index (κ2) is 5.19. The van der Waals surface area contributed by atoms with E-state index in [0.29, 0.717) is 17.2 Å². The summed E-state index contributed by atoms with van der Waals surface area (Å²) in [6.45, 7) is 0. The van der Waals surface area contributed by atoms with E-state index in [4.69, 9.17) is 16.3 Å². The Hall–Kier alpha value is -1.54. The van der Waals surface area contributed by atoms with Crippen molar-refractivity contribution in [2.75, 3.05) is 7.11 Å². The van der Waals surface area contributed by atoms with E-state index >= 15 is 0 Å². The van der Waals surface area contributed by atoms with Gasteiger partial charge in [-0.2, -0.15) is 0 Å². The van der Waals surface area contributed by atoms with Crippen LogP contribution in [0.15, 0.2) is 42.5 Å². The summed E-state index contributed by atoms with van der Waals surface area (Å²) in [5.41, 5.74) is 2.13. The fraction of sp³-hybridized carbons (Fsp3) is 0.143. The number of hydrogen-bond acceptors (Lipinski definition) is 1. The highest BCUT2D eigenvalue weighted by Gasteiger charge is 2.10. The minimum absolute atomic E-state index is 0.275. The highest BCUT2D eigenvalue weighted by Crippen LogP contribution is 2.32. The van der Waals surface area contributed by atoms with Crippen molar-refractivity contribution in [2.24, 2.45) is 0 Å². The molecule has 2 aromatic carbocycles. The second-order valence-electron chi connectivity index (χ2n) is 3.65. The van der Waals surface area contributed by atoms with Crippen LogP contribution in [0.5, 0.6) is 5.75 Å². The maximum Gasteiger partial charge on any atom is 0.131 e. The molecule has 0 unspecified atom stereocenters. The van der Waals surface area contributed by atoms with E-state index in [9.17, 15) is 4.39 Å². The molecule has 0 aliphatic rings. The van der Waals surface area contributed by atoms with Crippen LogP contribution in [-0.4, -0.2) is 7.11 Å². The SMILES string of the molecule is COc1ccccc1-c1cc(CCl)ccc1F. The van der Waals surface area contributed by atoms with E-state index in [1.807, 2.05) is 24.3 Å². The zero-order valence-electron chi connectivity index (χ0n) is 9.41. The largest absolute Gasteiger partial charge is 0.496 e. The normalized spacial score (nSPS) is 10.3. The molecule has 0 bridgehead atoms. The number of rotatable bonds is 3. The maximum atomic E-state index is 13.8. The lowest BCUT2D eigenvalue weighted by Gasteiger charge is -2.10. The number of methoxy groups -OCH3 is 1. The average Bonchev–Trinajstić information content (AvgIpc) is 2.39. The van der Waals surface area contributed by atoms with Crippen LogP contribution in [0.1, 0.15) is 5.56 Å². The molecule has 88 valence electrons. The lowest BCUT2D eigenvalue weighted by Crippen LogP contribution is -1.91. The van der Waals surface area contributed by atoms with Crippen LogP contribution in [0.3, 0.4) is 0 Å². The summed E-state index contributed by atoms with van der Waals surface area (Å²) in [6.07, 6.45) is 0. The van der Waals surface area contributed by atoms with Gasteiger partial charge in [0.15, 0.2) is 0 Å². The third-order valence-electron chi connectivity index (χ3n) is 2.58. The summed E-state index contributed by atoms with van der Waals surface area (Å²) >= 11 is 5.76. The molecule has 2 aromatic rings. The third kappa shape index (κ3) is 2.42. The molecule has 0 aliphatic heterocycles. The Morgan fingerprint density at radius 3 is 2.59 bits per heavy atom. The first-order valence-corrected chi connectivity index (χ1v) is 5.77. The zero-order chi connectivity index (χ0) is 12.3. The van der Waals surface area contributed by atoms with Gasteiger partial charge in [-0.25, -0.2) is 4.39 Å². The standard InChI is InChI=1S/C14H12ClFO/c1-17-14-5-3-2-4-11(14)12-8-10(9-15)6-7-13(12)16/h2-8H,9H2,1H3. The lowest BCUT2D eigenvalue weighted by atomic mass is 10.0. The number of benzene rings is 2. The molecule has 0 atom stereocenters. The van der Waals surface area contributed by atoms with Crippen molar-refractivity contribution >= 4 is 11.6 Å². The Bertz CT molecular complexity index is 525. The van der Waals surface area contributed by atoms with Gasteiger partial charge in [0.05, 0.1) is 7.11 Å². The Morgan fingerprint density at radius 2 is 1.88 bits per heavy atom. The van der Waals surface area contributed by atoms with Gasteiger partial charge in [0.1, 0.15) is 11.6 Å². The Kier molecular flexibility index (Phi) is 3.64. The van der Waals surface area contributed by atoms with Crippen LogP contribution in [0.25, 0.3) is 11.1 Å². The van der Waals surface area contributed by atoms with Gasteiger partial charge in [-0.1, -0.05) is 24.3 Å². The van der Waals surface area contributed by atoms with Gasteiger partial charge in [0.25, 0.3) is 0 Å². The first kappa shape index (κ1) is 11.9. The monoisotopic (exact) mass is 250 g/mol. The van der Waals surface area contributed by atoms with Crippen LogP contribution in [0.2, 0.25) is 0 Å². The Labute approximate surface area is 105 Å². The Balaban J connectivity index is 2.59.